The largest absolute Gasteiger partial charge is 0.395 e. The molecule has 3 aromatic rings. The molecule has 0 aliphatic heterocycles. The van der Waals surface area contributed by atoms with Crippen LogP contribution in [0.2, 0.25) is 0 Å². The number of thiazole rings is 1. The van der Waals surface area contributed by atoms with Crippen molar-refractivity contribution in [2.75, 3.05) is 5.73 Å². The Balaban J connectivity index is 1.99. The number of benzene rings is 1. The summed E-state index contributed by atoms with van der Waals surface area (Å²) >= 11 is 2.98. The van der Waals surface area contributed by atoms with E-state index < -0.39 is 0 Å². The lowest BCUT2D eigenvalue weighted by Crippen LogP contribution is -1.95. The van der Waals surface area contributed by atoms with Crippen LogP contribution in [0.4, 0.5) is 5.69 Å². The second-order valence-corrected chi connectivity index (χ2v) is 6.01. The van der Waals surface area contributed by atoms with Crippen molar-refractivity contribution in [3.8, 4) is 6.07 Å². The van der Waals surface area contributed by atoms with Crippen molar-refractivity contribution in [3.63, 3.8) is 0 Å². The van der Waals surface area contributed by atoms with Crippen LogP contribution in [0.3, 0.4) is 0 Å². The zero-order valence-corrected chi connectivity index (χ0v) is 11.3. The first-order valence-electron chi connectivity index (χ1n) is 5.46. The fourth-order valence-electron chi connectivity index (χ4n) is 1.61. The first-order chi connectivity index (χ1) is 9.28. The van der Waals surface area contributed by atoms with Gasteiger partial charge >= 0.3 is 0 Å². The van der Waals surface area contributed by atoms with E-state index >= 15 is 0 Å². The number of fused-ring (bicyclic) bond motifs is 1. The first kappa shape index (κ1) is 12.0. The molecule has 3 rings (SSSR count). The van der Waals surface area contributed by atoms with E-state index in [1.165, 1.54) is 11.8 Å². The third-order valence-electron chi connectivity index (χ3n) is 2.53. The van der Waals surface area contributed by atoms with Crippen LogP contribution < -0.4 is 5.73 Å². The number of hydrogen-bond acceptors (Lipinski definition) is 6. The fraction of sp³-hybridized carbons (Fsp3) is 0. The maximum Gasteiger partial charge on any atom is 0.157 e. The SMILES string of the molecule is N#Cc1ccnc(Sc2nc3ccccc3s2)c1N. The summed E-state index contributed by atoms with van der Waals surface area (Å²) in [6.45, 7) is 0. The molecule has 0 saturated heterocycles. The van der Waals surface area contributed by atoms with Gasteiger partial charge in [-0.1, -0.05) is 12.1 Å². The maximum atomic E-state index is 8.94. The highest BCUT2D eigenvalue weighted by atomic mass is 32.2. The summed E-state index contributed by atoms with van der Waals surface area (Å²) < 4.78 is 2.00. The number of rotatable bonds is 2. The topological polar surface area (TPSA) is 75.6 Å². The molecule has 0 saturated carbocycles. The van der Waals surface area contributed by atoms with Crippen molar-refractivity contribution in [1.29, 1.82) is 5.26 Å². The lowest BCUT2D eigenvalue weighted by atomic mass is 10.2. The molecule has 2 N–H and O–H groups in total. The van der Waals surface area contributed by atoms with Crippen molar-refractivity contribution < 1.29 is 0 Å². The molecule has 0 spiro atoms. The standard InChI is InChI=1S/C13H8N4S2/c14-7-8-5-6-16-12(11(8)15)19-13-17-9-3-1-2-4-10(9)18-13/h1-6H,15H2. The van der Waals surface area contributed by atoms with Gasteiger partial charge in [0.2, 0.25) is 0 Å². The summed E-state index contributed by atoms with van der Waals surface area (Å²) in [5, 5.41) is 9.57. The van der Waals surface area contributed by atoms with E-state index in [4.69, 9.17) is 11.0 Å². The van der Waals surface area contributed by atoms with Crippen LogP contribution >= 0.6 is 23.1 Å². The van der Waals surface area contributed by atoms with Crippen LogP contribution in [0.15, 0.2) is 45.9 Å². The van der Waals surface area contributed by atoms with Gasteiger partial charge in [-0.15, -0.1) is 11.3 Å². The molecular weight excluding hydrogens is 276 g/mol. The zero-order valence-electron chi connectivity index (χ0n) is 9.70. The van der Waals surface area contributed by atoms with E-state index in [1.807, 2.05) is 24.3 Å². The summed E-state index contributed by atoms with van der Waals surface area (Å²) in [7, 11) is 0. The average molecular weight is 284 g/mol. The molecule has 0 fully saturated rings. The maximum absolute atomic E-state index is 8.94. The lowest BCUT2D eigenvalue weighted by molar-refractivity contribution is 1.13. The van der Waals surface area contributed by atoms with Crippen LogP contribution in [0.1, 0.15) is 5.56 Å². The molecule has 0 radical (unpaired) electrons. The van der Waals surface area contributed by atoms with E-state index in [0.29, 0.717) is 16.3 Å². The number of aromatic nitrogens is 2. The predicted molar refractivity (Wildman–Crippen MR) is 77.1 cm³/mol. The minimum atomic E-state index is 0.411. The number of nitrogens with zero attached hydrogens (tertiary/aromatic N) is 3. The molecule has 0 bridgehead atoms. The van der Waals surface area contributed by atoms with Gasteiger partial charge in [0.25, 0.3) is 0 Å². The number of para-hydroxylation sites is 1. The van der Waals surface area contributed by atoms with E-state index in [1.54, 1.807) is 23.6 Å². The Kier molecular flexibility index (Phi) is 3.07. The van der Waals surface area contributed by atoms with Gasteiger partial charge in [0.1, 0.15) is 11.1 Å². The van der Waals surface area contributed by atoms with Gasteiger partial charge in [-0.25, -0.2) is 9.97 Å². The Labute approximate surface area is 117 Å². The van der Waals surface area contributed by atoms with Crippen molar-refractivity contribution in [2.24, 2.45) is 0 Å². The van der Waals surface area contributed by atoms with Gasteiger partial charge in [-0.2, -0.15) is 5.26 Å². The Morgan fingerprint density at radius 3 is 2.89 bits per heavy atom. The highest BCUT2D eigenvalue weighted by molar-refractivity contribution is 8.01. The minimum Gasteiger partial charge on any atom is -0.395 e. The van der Waals surface area contributed by atoms with Crippen molar-refractivity contribution >= 4 is 39.0 Å². The molecule has 0 unspecified atom stereocenters. The minimum absolute atomic E-state index is 0.411. The van der Waals surface area contributed by atoms with Crippen LogP contribution in [-0.4, -0.2) is 9.97 Å². The Morgan fingerprint density at radius 1 is 1.26 bits per heavy atom. The molecule has 0 atom stereocenters. The quantitative estimate of drug-likeness (QED) is 0.781. The number of hydrogen-bond donors (Lipinski definition) is 1. The number of anilines is 1. The summed E-state index contributed by atoms with van der Waals surface area (Å²) in [5.41, 5.74) is 7.72. The molecule has 4 nitrogen and oxygen atoms in total. The van der Waals surface area contributed by atoms with Gasteiger partial charge < -0.3 is 5.73 Å². The first-order valence-corrected chi connectivity index (χ1v) is 7.09. The van der Waals surface area contributed by atoms with Crippen molar-refractivity contribution in [1.82, 2.24) is 9.97 Å². The highest BCUT2D eigenvalue weighted by Crippen LogP contribution is 2.36. The molecule has 19 heavy (non-hydrogen) atoms. The van der Waals surface area contributed by atoms with Crippen LogP contribution in [0.25, 0.3) is 10.2 Å². The van der Waals surface area contributed by atoms with Gasteiger partial charge in [-0.3, -0.25) is 0 Å². The smallest absolute Gasteiger partial charge is 0.157 e. The van der Waals surface area contributed by atoms with Gasteiger partial charge in [-0.05, 0) is 30.0 Å². The van der Waals surface area contributed by atoms with Crippen LogP contribution in [-0.2, 0) is 0 Å². The predicted octanol–water partition coefficient (Wildman–Crippen LogP) is 3.30. The van der Waals surface area contributed by atoms with E-state index in [0.717, 1.165) is 14.6 Å². The number of nitrogens with two attached hydrogens (primary N) is 1. The normalized spacial score (nSPS) is 10.5. The van der Waals surface area contributed by atoms with Gasteiger partial charge in [0.15, 0.2) is 4.34 Å². The van der Waals surface area contributed by atoms with Gasteiger partial charge in [0, 0.05) is 6.20 Å². The summed E-state index contributed by atoms with van der Waals surface area (Å²) in [6.07, 6.45) is 1.59. The van der Waals surface area contributed by atoms with Crippen molar-refractivity contribution in [2.45, 2.75) is 9.37 Å². The molecule has 6 heteroatoms. The highest BCUT2D eigenvalue weighted by Gasteiger charge is 2.11. The molecular formula is C13H8N4S2. The molecule has 92 valence electrons. The molecule has 1 aromatic carbocycles. The molecule has 0 amide bonds. The van der Waals surface area contributed by atoms with E-state index in [9.17, 15) is 0 Å². The Morgan fingerprint density at radius 2 is 2.11 bits per heavy atom. The summed E-state index contributed by atoms with van der Waals surface area (Å²) in [6, 6.07) is 11.6. The monoisotopic (exact) mass is 284 g/mol. The zero-order chi connectivity index (χ0) is 13.2. The van der Waals surface area contributed by atoms with Gasteiger partial charge in [0.05, 0.1) is 21.5 Å². The fourth-order valence-corrected chi connectivity index (χ4v) is 3.62. The average Bonchev–Trinajstić information content (AvgIpc) is 2.83. The summed E-state index contributed by atoms with van der Waals surface area (Å²) in [5.74, 6) is 0. The van der Waals surface area contributed by atoms with Crippen LogP contribution in [0.5, 0.6) is 0 Å². The Bertz CT molecular complexity index is 756. The number of nitrogen functional groups attached to an aromatic ring is 1. The second-order valence-electron chi connectivity index (χ2n) is 3.74. The molecule has 2 heterocycles. The summed E-state index contributed by atoms with van der Waals surface area (Å²) in [4.78, 5) is 8.71. The third-order valence-corrected chi connectivity index (χ3v) is 4.65. The third kappa shape index (κ3) is 2.26. The second kappa shape index (κ2) is 4.88. The molecule has 0 aliphatic carbocycles. The molecule has 0 aliphatic rings. The van der Waals surface area contributed by atoms with Crippen LogP contribution in [0, 0.1) is 11.3 Å². The Hall–Kier alpha value is -2.10. The lowest BCUT2D eigenvalue weighted by Gasteiger charge is -2.02. The number of pyridine rings is 1. The van der Waals surface area contributed by atoms with Crippen molar-refractivity contribution in [3.05, 3.63) is 42.1 Å². The number of nitriles is 1. The van der Waals surface area contributed by atoms with E-state index in [-0.39, 0.29) is 0 Å². The molecule has 2 aromatic heterocycles. The van der Waals surface area contributed by atoms with E-state index in [2.05, 4.69) is 16.0 Å².